The molecule has 6 heteroatoms. The van der Waals surface area contributed by atoms with Gasteiger partial charge < -0.3 is 14.5 Å². The van der Waals surface area contributed by atoms with Gasteiger partial charge in [-0.15, -0.1) is 0 Å². The van der Waals surface area contributed by atoms with Crippen LogP contribution in [-0.4, -0.2) is 47.0 Å². The number of aromatic nitrogens is 1. The van der Waals surface area contributed by atoms with E-state index in [9.17, 15) is 4.79 Å². The molecule has 2 aliphatic heterocycles. The quantitative estimate of drug-likeness (QED) is 0.737. The number of hydrogen-bond acceptors (Lipinski definition) is 3. The van der Waals surface area contributed by atoms with Gasteiger partial charge in [-0.05, 0) is 48.4 Å². The lowest BCUT2D eigenvalue weighted by molar-refractivity contribution is -0.0502. The summed E-state index contributed by atoms with van der Waals surface area (Å²) in [5, 5.41) is 3.95. The van der Waals surface area contributed by atoms with E-state index in [0.29, 0.717) is 18.3 Å². The number of carbonyl (C=O) groups excluding carboxylic acids is 1. The summed E-state index contributed by atoms with van der Waals surface area (Å²) in [6.07, 6.45) is 2.90. The van der Waals surface area contributed by atoms with Gasteiger partial charge >= 0.3 is 0 Å². The highest BCUT2D eigenvalue weighted by molar-refractivity contribution is 6.30. The molecule has 3 aromatic rings. The number of carbonyl (C=O) groups is 1. The van der Waals surface area contributed by atoms with Crippen LogP contribution in [0.3, 0.4) is 0 Å². The van der Waals surface area contributed by atoms with Crippen LogP contribution in [0.2, 0.25) is 5.02 Å². The van der Waals surface area contributed by atoms with Gasteiger partial charge in [-0.3, -0.25) is 9.69 Å². The van der Waals surface area contributed by atoms with E-state index in [1.165, 1.54) is 0 Å². The van der Waals surface area contributed by atoms with Crippen molar-refractivity contribution < 1.29 is 9.53 Å². The molecule has 5 nitrogen and oxygen atoms in total. The fraction of sp³-hybridized carbons (Fsp3) is 0.318. The first kappa shape index (κ1) is 17.7. The second-order valence-corrected chi connectivity index (χ2v) is 8.04. The fourth-order valence-electron chi connectivity index (χ4n) is 4.36. The standard InChI is InChI=1S/C22H22ClN3O2/c23-16-6-4-15(5-7-16)21-13-25-12-17(11-19(25)14-28-21)24-22(27)20-9-8-18-3-1-2-10-26(18)20/h1-10,17,19,21H,11-14H2,(H,24,27)/t17-,19+,21-/m1/s1. The van der Waals surface area contributed by atoms with Gasteiger partial charge in [-0.2, -0.15) is 0 Å². The van der Waals surface area contributed by atoms with Gasteiger partial charge in [0.15, 0.2) is 0 Å². The lowest BCUT2D eigenvalue weighted by Gasteiger charge is -2.35. The SMILES string of the molecule is O=C(N[C@@H]1C[C@H]2CO[C@@H](c3ccc(Cl)cc3)CN2C1)c1ccc2ccccn12. The Morgan fingerprint density at radius 2 is 1.93 bits per heavy atom. The molecule has 0 aliphatic carbocycles. The maximum absolute atomic E-state index is 12.8. The molecular formula is C22H22ClN3O2. The summed E-state index contributed by atoms with van der Waals surface area (Å²) < 4.78 is 8.03. The molecule has 0 saturated carbocycles. The molecule has 3 atom stereocenters. The van der Waals surface area contributed by atoms with Gasteiger partial charge in [-0.25, -0.2) is 0 Å². The number of morpholine rings is 1. The first-order chi connectivity index (χ1) is 13.7. The smallest absolute Gasteiger partial charge is 0.268 e. The van der Waals surface area contributed by atoms with E-state index in [0.717, 1.165) is 35.6 Å². The molecule has 1 aromatic carbocycles. The lowest BCUT2D eigenvalue weighted by atomic mass is 10.1. The number of nitrogens with one attached hydrogen (secondary N) is 1. The highest BCUT2D eigenvalue weighted by Gasteiger charge is 2.38. The molecule has 5 rings (SSSR count). The molecule has 0 unspecified atom stereocenters. The van der Waals surface area contributed by atoms with Gasteiger partial charge in [0.05, 0.1) is 12.7 Å². The summed E-state index contributed by atoms with van der Waals surface area (Å²) in [4.78, 5) is 15.2. The summed E-state index contributed by atoms with van der Waals surface area (Å²) in [7, 11) is 0. The van der Waals surface area contributed by atoms with Crippen molar-refractivity contribution in [2.45, 2.75) is 24.6 Å². The van der Waals surface area contributed by atoms with Crippen molar-refractivity contribution in [2.75, 3.05) is 19.7 Å². The molecule has 1 amide bonds. The van der Waals surface area contributed by atoms with Crippen molar-refractivity contribution >= 4 is 23.0 Å². The number of pyridine rings is 1. The number of amides is 1. The zero-order valence-electron chi connectivity index (χ0n) is 15.4. The highest BCUT2D eigenvalue weighted by Crippen LogP contribution is 2.31. The van der Waals surface area contributed by atoms with Crippen LogP contribution in [0.4, 0.5) is 0 Å². The number of nitrogens with zero attached hydrogens (tertiary/aromatic N) is 2. The first-order valence-electron chi connectivity index (χ1n) is 9.65. The zero-order chi connectivity index (χ0) is 19.1. The number of benzene rings is 1. The molecule has 0 spiro atoms. The van der Waals surface area contributed by atoms with Crippen molar-refractivity contribution in [1.82, 2.24) is 14.6 Å². The Morgan fingerprint density at radius 3 is 2.79 bits per heavy atom. The highest BCUT2D eigenvalue weighted by atomic mass is 35.5. The van der Waals surface area contributed by atoms with E-state index in [2.05, 4.69) is 10.2 Å². The molecule has 2 fully saturated rings. The van der Waals surface area contributed by atoms with Crippen LogP contribution in [0.15, 0.2) is 60.8 Å². The molecule has 28 heavy (non-hydrogen) atoms. The minimum Gasteiger partial charge on any atom is -0.371 e. The zero-order valence-corrected chi connectivity index (χ0v) is 16.2. The Bertz CT molecular complexity index is 1000. The van der Waals surface area contributed by atoms with E-state index in [4.69, 9.17) is 16.3 Å². The Hall–Kier alpha value is -2.34. The number of rotatable bonds is 3. The van der Waals surface area contributed by atoms with Gasteiger partial charge in [0, 0.05) is 41.9 Å². The first-order valence-corrected chi connectivity index (χ1v) is 10.0. The Balaban J connectivity index is 1.24. The molecule has 4 heterocycles. The molecule has 2 aliphatic rings. The normalized spacial score (nSPS) is 25.0. The summed E-state index contributed by atoms with van der Waals surface area (Å²) >= 11 is 5.99. The second kappa shape index (κ2) is 7.24. The molecule has 0 radical (unpaired) electrons. The summed E-state index contributed by atoms with van der Waals surface area (Å²) in [5.74, 6) is -0.0220. The van der Waals surface area contributed by atoms with Crippen molar-refractivity contribution in [1.29, 1.82) is 0 Å². The Labute approximate surface area is 168 Å². The van der Waals surface area contributed by atoms with Crippen LogP contribution < -0.4 is 5.32 Å². The van der Waals surface area contributed by atoms with Crippen LogP contribution in [-0.2, 0) is 4.74 Å². The molecule has 1 N–H and O–H groups in total. The summed E-state index contributed by atoms with van der Waals surface area (Å²) in [5.41, 5.74) is 2.85. The number of ether oxygens (including phenoxy) is 1. The van der Waals surface area contributed by atoms with Gasteiger partial charge in [0.25, 0.3) is 5.91 Å². The fourth-order valence-corrected chi connectivity index (χ4v) is 4.48. The van der Waals surface area contributed by atoms with Gasteiger partial charge in [0.1, 0.15) is 5.69 Å². The molecule has 0 bridgehead atoms. The molecular weight excluding hydrogens is 374 g/mol. The average molecular weight is 396 g/mol. The predicted molar refractivity (Wildman–Crippen MR) is 109 cm³/mol. The third kappa shape index (κ3) is 3.30. The number of fused-ring (bicyclic) bond motifs is 2. The van der Waals surface area contributed by atoms with E-state index in [1.807, 2.05) is 65.2 Å². The average Bonchev–Trinajstić information content (AvgIpc) is 3.31. The van der Waals surface area contributed by atoms with Crippen molar-refractivity contribution in [2.24, 2.45) is 0 Å². The minimum absolute atomic E-state index is 0.0220. The van der Waals surface area contributed by atoms with Crippen LogP contribution >= 0.6 is 11.6 Å². The molecule has 144 valence electrons. The number of hydrogen-bond donors (Lipinski definition) is 1. The summed E-state index contributed by atoms with van der Waals surface area (Å²) in [6, 6.07) is 18.1. The van der Waals surface area contributed by atoms with Gasteiger partial charge in [0.2, 0.25) is 0 Å². The monoisotopic (exact) mass is 395 g/mol. The van der Waals surface area contributed by atoms with Crippen molar-refractivity contribution in [3.63, 3.8) is 0 Å². The molecule has 2 aromatic heterocycles. The van der Waals surface area contributed by atoms with Crippen LogP contribution in [0, 0.1) is 0 Å². The summed E-state index contributed by atoms with van der Waals surface area (Å²) in [6.45, 7) is 2.38. The lowest BCUT2D eigenvalue weighted by Crippen LogP contribution is -2.43. The van der Waals surface area contributed by atoms with Gasteiger partial charge in [-0.1, -0.05) is 29.8 Å². The number of halogens is 1. The van der Waals surface area contributed by atoms with E-state index in [1.54, 1.807) is 0 Å². The van der Waals surface area contributed by atoms with E-state index >= 15 is 0 Å². The topological polar surface area (TPSA) is 46.0 Å². The van der Waals surface area contributed by atoms with Crippen LogP contribution in [0.1, 0.15) is 28.6 Å². The largest absolute Gasteiger partial charge is 0.371 e. The Morgan fingerprint density at radius 1 is 1.07 bits per heavy atom. The van der Waals surface area contributed by atoms with Crippen LogP contribution in [0.25, 0.3) is 5.52 Å². The third-order valence-corrected chi connectivity index (χ3v) is 6.04. The predicted octanol–water partition coefficient (Wildman–Crippen LogP) is 3.54. The maximum Gasteiger partial charge on any atom is 0.268 e. The molecule has 2 saturated heterocycles. The maximum atomic E-state index is 12.8. The Kier molecular flexibility index (Phi) is 4.59. The second-order valence-electron chi connectivity index (χ2n) is 7.60. The van der Waals surface area contributed by atoms with E-state index in [-0.39, 0.29) is 18.1 Å². The van der Waals surface area contributed by atoms with Crippen molar-refractivity contribution in [3.05, 3.63) is 77.1 Å². The third-order valence-electron chi connectivity index (χ3n) is 5.79. The van der Waals surface area contributed by atoms with Crippen molar-refractivity contribution in [3.8, 4) is 0 Å². The van der Waals surface area contributed by atoms with E-state index < -0.39 is 0 Å². The minimum atomic E-state index is -0.0220. The van der Waals surface area contributed by atoms with Crippen LogP contribution in [0.5, 0.6) is 0 Å².